The van der Waals surface area contributed by atoms with Gasteiger partial charge in [0.25, 0.3) is 0 Å². The minimum Gasteiger partial charge on any atom is -0.203 e. The maximum absolute atomic E-state index is 6.39. The van der Waals surface area contributed by atoms with Crippen LogP contribution in [-0.4, -0.2) is 20.0 Å². The first-order chi connectivity index (χ1) is 6.07. The molecule has 0 radical (unpaired) electrons. The summed E-state index contributed by atoms with van der Waals surface area (Å²) in [7, 11) is -1.45. The molecule has 1 heterocycles. The Kier molecular flexibility index (Phi) is 3.82. The number of hydrogen-bond donors (Lipinski definition) is 0. The first-order valence-corrected chi connectivity index (χ1v) is 8.89. The zero-order valence-corrected chi connectivity index (χ0v) is 12.8. The molecule has 6 heteroatoms. The monoisotopic (exact) mass is 274 g/mol. The predicted molar refractivity (Wildman–Crippen MR) is 68.7 cm³/mol. The van der Waals surface area contributed by atoms with E-state index in [0.717, 1.165) is 0 Å². The van der Waals surface area contributed by atoms with Crippen molar-refractivity contribution >= 4 is 37.6 Å². The van der Waals surface area contributed by atoms with Gasteiger partial charge in [-0.15, -0.1) is 0 Å². The summed E-state index contributed by atoms with van der Waals surface area (Å²) in [4.78, 5) is 0. The molecule has 0 unspecified atom stereocenters. The van der Waals surface area contributed by atoms with Crippen LogP contribution in [0.1, 0.15) is 41.5 Å². The molecule has 0 bridgehead atoms. The van der Waals surface area contributed by atoms with Gasteiger partial charge < -0.3 is 0 Å². The van der Waals surface area contributed by atoms with Crippen LogP contribution in [0, 0.1) is 0 Å². The normalized spacial score (nSPS) is 31.7. The van der Waals surface area contributed by atoms with Gasteiger partial charge in [-0.2, -0.15) is 0 Å². The van der Waals surface area contributed by atoms with Crippen LogP contribution in [0.25, 0.3) is 0 Å². The molecule has 0 aromatic rings. The largest absolute Gasteiger partial charge is 0.203 e. The molecule has 1 fully saturated rings. The molecule has 14 heavy (non-hydrogen) atoms. The van der Waals surface area contributed by atoms with Crippen LogP contribution in [0.4, 0.5) is 0 Å². The second-order valence-corrected chi connectivity index (χ2v) is 10.4. The Morgan fingerprint density at radius 2 is 0.929 bits per heavy atom. The highest BCUT2D eigenvalue weighted by Gasteiger charge is 2.54. The van der Waals surface area contributed by atoms with Crippen LogP contribution in [0.5, 0.6) is 0 Å². The van der Waals surface area contributed by atoms with E-state index in [1.54, 1.807) is 0 Å². The molecule has 0 amide bonds. The first kappa shape index (κ1) is 13.4. The number of rotatable bonds is 0. The standard InChI is InChI=1S/C8H18Cl2N2P2/c1-7(2,3)11-13(9)12(14(11)10)8(4,5)6/h1-6H3. The van der Waals surface area contributed by atoms with Crippen LogP contribution in [-0.2, 0) is 0 Å². The Hall–Kier alpha value is 1.36. The van der Waals surface area contributed by atoms with Crippen LogP contribution in [0.3, 0.4) is 0 Å². The van der Waals surface area contributed by atoms with Crippen molar-refractivity contribution < 1.29 is 0 Å². The SMILES string of the molecule is CC(C)(C)N1P(Cl)N(C(C)(C)C)P1Cl. The molecule has 0 spiro atoms. The zero-order valence-electron chi connectivity index (χ0n) is 9.54. The van der Waals surface area contributed by atoms with Gasteiger partial charge in [-0.3, -0.25) is 0 Å². The quantitative estimate of drug-likeness (QED) is 0.565. The fourth-order valence-corrected chi connectivity index (χ4v) is 10.6. The van der Waals surface area contributed by atoms with Crippen molar-refractivity contribution in [1.29, 1.82) is 0 Å². The molecular formula is C8H18Cl2N2P2. The molecule has 0 aromatic carbocycles. The summed E-state index contributed by atoms with van der Waals surface area (Å²) in [5.41, 5.74) is 0.144. The lowest BCUT2D eigenvalue weighted by molar-refractivity contribution is 0.295. The van der Waals surface area contributed by atoms with Crippen molar-refractivity contribution in [3.05, 3.63) is 0 Å². The fraction of sp³-hybridized carbons (Fsp3) is 1.00. The highest BCUT2D eigenvalue weighted by Crippen LogP contribution is 2.85. The van der Waals surface area contributed by atoms with Gasteiger partial charge in [0, 0.05) is 11.1 Å². The maximum atomic E-state index is 6.39. The molecule has 0 aliphatic carbocycles. The van der Waals surface area contributed by atoms with Gasteiger partial charge in [0.15, 0.2) is 15.2 Å². The van der Waals surface area contributed by atoms with E-state index in [9.17, 15) is 0 Å². The van der Waals surface area contributed by atoms with Gasteiger partial charge >= 0.3 is 0 Å². The Morgan fingerprint density at radius 1 is 0.714 bits per heavy atom. The molecule has 0 N–H and O–H groups in total. The summed E-state index contributed by atoms with van der Waals surface area (Å²) >= 11 is 12.8. The Bertz CT molecular complexity index is 192. The summed E-state index contributed by atoms with van der Waals surface area (Å²) in [5, 5.41) is 0. The number of halogens is 2. The number of nitrogens with zero attached hydrogens (tertiary/aromatic N) is 2. The van der Waals surface area contributed by atoms with E-state index >= 15 is 0 Å². The predicted octanol–water partition coefficient (Wildman–Crippen LogP) is 5.13. The lowest BCUT2D eigenvalue weighted by Crippen LogP contribution is -2.50. The molecule has 84 valence electrons. The molecule has 0 saturated carbocycles. The lowest BCUT2D eigenvalue weighted by Gasteiger charge is -2.59. The number of hydrogen-bond acceptors (Lipinski definition) is 2. The molecule has 0 atom stereocenters. The molecule has 1 aliphatic heterocycles. The van der Waals surface area contributed by atoms with Crippen molar-refractivity contribution in [1.82, 2.24) is 8.88 Å². The average Bonchev–Trinajstić information content (AvgIpc) is 1.78. The van der Waals surface area contributed by atoms with Crippen molar-refractivity contribution in [2.24, 2.45) is 0 Å². The van der Waals surface area contributed by atoms with E-state index < -0.39 is 15.2 Å². The molecule has 2 nitrogen and oxygen atoms in total. The summed E-state index contributed by atoms with van der Waals surface area (Å²) in [5.74, 6) is 0. The molecule has 1 aliphatic rings. The molecule has 0 aromatic heterocycles. The summed E-state index contributed by atoms with van der Waals surface area (Å²) in [6.07, 6.45) is 0. The minimum absolute atomic E-state index is 0.0721. The van der Waals surface area contributed by atoms with Gasteiger partial charge in [0.2, 0.25) is 0 Å². The fourth-order valence-electron chi connectivity index (χ4n) is 1.24. The summed E-state index contributed by atoms with van der Waals surface area (Å²) in [6.45, 7) is 12.9. The van der Waals surface area contributed by atoms with Gasteiger partial charge in [-0.1, -0.05) is 22.5 Å². The molecule has 1 saturated heterocycles. The second kappa shape index (κ2) is 3.99. The summed E-state index contributed by atoms with van der Waals surface area (Å²) in [6, 6.07) is 0. The van der Waals surface area contributed by atoms with Crippen LogP contribution < -0.4 is 0 Å². The third kappa shape index (κ3) is 2.37. The van der Waals surface area contributed by atoms with Crippen LogP contribution in [0.2, 0.25) is 0 Å². The topological polar surface area (TPSA) is 6.48 Å². The van der Waals surface area contributed by atoms with E-state index in [0.29, 0.717) is 0 Å². The van der Waals surface area contributed by atoms with Crippen molar-refractivity contribution in [3.8, 4) is 0 Å². The van der Waals surface area contributed by atoms with Crippen molar-refractivity contribution in [2.75, 3.05) is 0 Å². The maximum Gasteiger partial charge on any atom is 0.152 e. The van der Waals surface area contributed by atoms with Gasteiger partial charge in [-0.05, 0) is 41.5 Å². The van der Waals surface area contributed by atoms with Crippen molar-refractivity contribution in [2.45, 2.75) is 52.6 Å². The van der Waals surface area contributed by atoms with E-state index in [1.807, 2.05) is 0 Å². The molecular weight excluding hydrogens is 257 g/mol. The zero-order chi connectivity index (χ0) is 11.3. The van der Waals surface area contributed by atoms with Gasteiger partial charge in [-0.25, -0.2) is 8.88 Å². The Morgan fingerprint density at radius 3 is 1.07 bits per heavy atom. The van der Waals surface area contributed by atoms with E-state index in [4.69, 9.17) is 22.5 Å². The summed E-state index contributed by atoms with van der Waals surface area (Å²) < 4.78 is 4.46. The average molecular weight is 275 g/mol. The second-order valence-electron chi connectivity index (χ2n) is 5.40. The van der Waals surface area contributed by atoms with E-state index in [2.05, 4.69) is 50.4 Å². The highest BCUT2D eigenvalue weighted by atomic mass is 35.7. The van der Waals surface area contributed by atoms with Crippen LogP contribution in [0.15, 0.2) is 0 Å². The van der Waals surface area contributed by atoms with E-state index in [1.165, 1.54) is 0 Å². The highest BCUT2D eigenvalue weighted by molar-refractivity contribution is 8.05. The first-order valence-electron chi connectivity index (χ1n) is 4.59. The third-order valence-electron chi connectivity index (χ3n) is 1.83. The van der Waals surface area contributed by atoms with Crippen LogP contribution >= 0.6 is 37.6 Å². The van der Waals surface area contributed by atoms with Gasteiger partial charge in [0.1, 0.15) is 0 Å². The molecule has 1 rings (SSSR count). The third-order valence-corrected chi connectivity index (χ3v) is 10.6. The Labute approximate surface area is 99.2 Å². The van der Waals surface area contributed by atoms with Gasteiger partial charge in [0.05, 0.1) is 0 Å². The van der Waals surface area contributed by atoms with E-state index in [-0.39, 0.29) is 11.1 Å². The smallest absolute Gasteiger partial charge is 0.152 e. The Balaban J connectivity index is 2.76. The lowest BCUT2D eigenvalue weighted by atomic mass is 10.1. The minimum atomic E-state index is -0.724. The van der Waals surface area contributed by atoms with Crippen molar-refractivity contribution in [3.63, 3.8) is 0 Å².